The fourth-order valence-electron chi connectivity index (χ4n) is 2.31. The molecule has 1 aliphatic heterocycles. The van der Waals surface area contributed by atoms with Gasteiger partial charge in [-0.2, -0.15) is 0 Å². The first-order valence-corrected chi connectivity index (χ1v) is 6.30. The number of rotatable bonds is 3. The van der Waals surface area contributed by atoms with Crippen LogP contribution in [0.4, 0.5) is 0 Å². The quantitative estimate of drug-likeness (QED) is 0.851. The molecule has 0 fully saturated rings. The molecular formula is C15H12N2O3. The van der Waals surface area contributed by atoms with Gasteiger partial charge in [-0.25, -0.2) is 0 Å². The number of carbonyl (C=O) groups is 2. The number of pyridine rings is 1. The highest BCUT2D eigenvalue weighted by Gasteiger charge is 2.34. The minimum absolute atomic E-state index is 0.190. The van der Waals surface area contributed by atoms with Crippen molar-refractivity contribution in [2.75, 3.05) is 6.54 Å². The van der Waals surface area contributed by atoms with E-state index in [1.807, 2.05) is 0 Å². The standard InChI is InChI=1S/C15H12N2O3/c18-13-7-3-4-10(16-13)8-9-17-14(19)11-5-1-2-6-12(11)15(17)20/h1-7H,8-9H2,(H,16,18). The van der Waals surface area contributed by atoms with Crippen LogP contribution in [0, 0.1) is 0 Å². The molecule has 2 heterocycles. The Bertz CT molecular complexity index is 714. The zero-order chi connectivity index (χ0) is 14.1. The van der Waals surface area contributed by atoms with Crippen LogP contribution in [0.25, 0.3) is 0 Å². The SMILES string of the molecule is O=C1c2ccccc2C(=O)N1CCc1cccc(=O)[nH]1. The molecule has 0 atom stereocenters. The second-order valence-electron chi connectivity index (χ2n) is 4.60. The van der Waals surface area contributed by atoms with Crippen molar-refractivity contribution in [1.82, 2.24) is 9.88 Å². The number of H-pyrrole nitrogens is 1. The van der Waals surface area contributed by atoms with Gasteiger partial charge in [0, 0.05) is 24.7 Å². The first kappa shape index (κ1) is 12.3. The Morgan fingerprint density at radius 2 is 1.50 bits per heavy atom. The molecule has 0 saturated heterocycles. The maximum atomic E-state index is 12.1. The predicted molar refractivity (Wildman–Crippen MR) is 72.6 cm³/mol. The molecule has 1 aromatic carbocycles. The first-order valence-electron chi connectivity index (χ1n) is 6.30. The molecule has 0 saturated carbocycles. The monoisotopic (exact) mass is 268 g/mol. The highest BCUT2D eigenvalue weighted by Crippen LogP contribution is 2.22. The van der Waals surface area contributed by atoms with E-state index in [2.05, 4.69) is 4.98 Å². The summed E-state index contributed by atoms with van der Waals surface area (Å²) < 4.78 is 0. The molecule has 0 unspecified atom stereocenters. The Morgan fingerprint density at radius 1 is 0.850 bits per heavy atom. The third-order valence-corrected chi connectivity index (χ3v) is 3.31. The molecule has 0 aliphatic carbocycles. The Hall–Kier alpha value is -2.69. The molecule has 5 nitrogen and oxygen atoms in total. The summed E-state index contributed by atoms with van der Waals surface area (Å²) in [6, 6.07) is 11.6. The molecule has 5 heteroatoms. The summed E-state index contributed by atoms with van der Waals surface area (Å²) >= 11 is 0. The summed E-state index contributed by atoms with van der Waals surface area (Å²) in [5, 5.41) is 0. The van der Waals surface area contributed by atoms with E-state index in [0.717, 1.165) is 0 Å². The Kier molecular flexibility index (Phi) is 2.95. The third-order valence-electron chi connectivity index (χ3n) is 3.31. The van der Waals surface area contributed by atoms with Crippen molar-refractivity contribution in [2.45, 2.75) is 6.42 Å². The maximum absolute atomic E-state index is 12.1. The van der Waals surface area contributed by atoms with Crippen LogP contribution >= 0.6 is 0 Å². The number of fused-ring (bicyclic) bond motifs is 1. The second-order valence-corrected chi connectivity index (χ2v) is 4.60. The molecule has 0 bridgehead atoms. The lowest BCUT2D eigenvalue weighted by Gasteiger charge is -2.13. The van der Waals surface area contributed by atoms with Crippen molar-refractivity contribution in [2.24, 2.45) is 0 Å². The second kappa shape index (κ2) is 4.77. The number of nitrogens with one attached hydrogen (secondary N) is 1. The smallest absolute Gasteiger partial charge is 0.261 e. The van der Waals surface area contributed by atoms with Crippen molar-refractivity contribution in [3.8, 4) is 0 Å². The van der Waals surface area contributed by atoms with Gasteiger partial charge in [0.2, 0.25) is 5.56 Å². The lowest BCUT2D eigenvalue weighted by atomic mass is 10.1. The van der Waals surface area contributed by atoms with Crippen LogP contribution in [0.2, 0.25) is 0 Å². The molecule has 1 N–H and O–H groups in total. The van der Waals surface area contributed by atoms with Gasteiger partial charge in [0.1, 0.15) is 0 Å². The van der Waals surface area contributed by atoms with Gasteiger partial charge in [0.25, 0.3) is 11.8 Å². The van der Waals surface area contributed by atoms with Crippen LogP contribution in [0.15, 0.2) is 47.3 Å². The normalized spacial score (nSPS) is 13.7. The number of hydrogen-bond acceptors (Lipinski definition) is 3. The molecule has 0 spiro atoms. The summed E-state index contributed by atoms with van der Waals surface area (Å²) in [5.41, 5.74) is 1.40. The van der Waals surface area contributed by atoms with E-state index in [-0.39, 0.29) is 23.9 Å². The Labute approximate surface area is 114 Å². The lowest BCUT2D eigenvalue weighted by molar-refractivity contribution is 0.0656. The molecule has 2 aromatic rings. The van der Waals surface area contributed by atoms with Crippen molar-refractivity contribution in [1.29, 1.82) is 0 Å². The number of aromatic amines is 1. The van der Waals surface area contributed by atoms with Crippen LogP contribution in [0.3, 0.4) is 0 Å². The number of aromatic nitrogens is 1. The molecule has 3 rings (SSSR count). The van der Waals surface area contributed by atoms with Gasteiger partial charge in [-0.1, -0.05) is 18.2 Å². The zero-order valence-electron chi connectivity index (χ0n) is 10.6. The van der Waals surface area contributed by atoms with E-state index in [4.69, 9.17) is 0 Å². The number of nitrogens with zero attached hydrogens (tertiary/aromatic N) is 1. The Morgan fingerprint density at radius 3 is 2.10 bits per heavy atom. The van der Waals surface area contributed by atoms with Gasteiger partial charge in [-0.05, 0) is 18.2 Å². The van der Waals surface area contributed by atoms with Crippen molar-refractivity contribution >= 4 is 11.8 Å². The van der Waals surface area contributed by atoms with E-state index in [1.165, 1.54) is 11.0 Å². The minimum Gasteiger partial charge on any atom is -0.326 e. The molecule has 0 radical (unpaired) electrons. The number of carbonyl (C=O) groups excluding carboxylic acids is 2. The molecule has 1 aromatic heterocycles. The number of hydrogen-bond donors (Lipinski definition) is 1. The van der Waals surface area contributed by atoms with Crippen LogP contribution < -0.4 is 5.56 Å². The predicted octanol–water partition coefficient (Wildman–Crippen LogP) is 1.21. The average Bonchev–Trinajstić information content (AvgIpc) is 2.70. The number of benzene rings is 1. The number of amides is 2. The summed E-state index contributed by atoms with van der Waals surface area (Å²) in [5.74, 6) is -0.548. The van der Waals surface area contributed by atoms with Gasteiger partial charge in [0.05, 0.1) is 11.1 Å². The summed E-state index contributed by atoms with van der Waals surface area (Å²) in [6.07, 6.45) is 0.432. The maximum Gasteiger partial charge on any atom is 0.261 e. The molecule has 1 aliphatic rings. The van der Waals surface area contributed by atoms with Gasteiger partial charge in [0.15, 0.2) is 0 Å². The summed E-state index contributed by atoms with van der Waals surface area (Å²) in [4.78, 5) is 39.3. The molecular weight excluding hydrogens is 256 g/mol. The lowest BCUT2D eigenvalue weighted by Crippen LogP contribution is -2.32. The van der Waals surface area contributed by atoms with Crippen LogP contribution in [-0.2, 0) is 6.42 Å². The zero-order valence-corrected chi connectivity index (χ0v) is 10.6. The van der Waals surface area contributed by atoms with E-state index in [1.54, 1.807) is 36.4 Å². The highest BCUT2D eigenvalue weighted by atomic mass is 16.2. The van der Waals surface area contributed by atoms with Crippen LogP contribution in [-0.4, -0.2) is 28.2 Å². The van der Waals surface area contributed by atoms with E-state index in [0.29, 0.717) is 23.2 Å². The van der Waals surface area contributed by atoms with Crippen molar-refractivity contribution < 1.29 is 9.59 Å². The van der Waals surface area contributed by atoms with Gasteiger partial charge in [-0.3, -0.25) is 19.3 Å². The first-order chi connectivity index (χ1) is 9.66. The van der Waals surface area contributed by atoms with Crippen molar-refractivity contribution in [3.63, 3.8) is 0 Å². The number of imide groups is 1. The molecule has 100 valence electrons. The topological polar surface area (TPSA) is 70.2 Å². The fourth-order valence-corrected chi connectivity index (χ4v) is 2.31. The van der Waals surface area contributed by atoms with E-state index < -0.39 is 0 Å². The third kappa shape index (κ3) is 2.03. The van der Waals surface area contributed by atoms with E-state index in [9.17, 15) is 14.4 Å². The molecule has 2 amide bonds. The van der Waals surface area contributed by atoms with Gasteiger partial charge in [-0.15, -0.1) is 0 Å². The van der Waals surface area contributed by atoms with E-state index >= 15 is 0 Å². The van der Waals surface area contributed by atoms with Crippen LogP contribution in [0.1, 0.15) is 26.4 Å². The summed E-state index contributed by atoms with van der Waals surface area (Å²) in [6.45, 7) is 0.256. The van der Waals surface area contributed by atoms with Gasteiger partial charge < -0.3 is 4.98 Å². The van der Waals surface area contributed by atoms with Crippen LogP contribution in [0.5, 0.6) is 0 Å². The average molecular weight is 268 g/mol. The molecule has 20 heavy (non-hydrogen) atoms. The minimum atomic E-state index is -0.274. The summed E-state index contributed by atoms with van der Waals surface area (Å²) in [7, 11) is 0. The largest absolute Gasteiger partial charge is 0.326 e. The van der Waals surface area contributed by atoms with Crippen molar-refractivity contribution in [3.05, 3.63) is 69.6 Å². The Balaban J connectivity index is 1.79. The fraction of sp³-hybridized carbons (Fsp3) is 0.133. The van der Waals surface area contributed by atoms with Gasteiger partial charge >= 0.3 is 0 Å². The highest BCUT2D eigenvalue weighted by molar-refractivity contribution is 6.21.